The van der Waals surface area contributed by atoms with E-state index in [0.717, 1.165) is 25.9 Å². The average Bonchev–Trinajstić information content (AvgIpc) is 2.28. The molecule has 0 saturated carbocycles. The summed E-state index contributed by atoms with van der Waals surface area (Å²) in [5.74, 6) is 5.25. The predicted molar refractivity (Wildman–Crippen MR) is 71.2 cm³/mol. The lowest BCUT2D eigenvalue weighted by molar-refractivity contribution is 0.0367. The Morgan fingerprint density at radius 1 is 1.12 bits per heavy atom. The van der Waals surface area contributed by atoms with Gasteiger partial charge in [-0.2, -0.15) is 0 Å². The molecule has 2 N–H and O–H groups in total. The van der Waals surface area contributed by atoms with Crippen molar-refractivity contribution in [1.29, 1.82) is 0 Å². The number of aryl methyl sites for hydroxylation is 3. The fourth-order valence-corrected chi connectivity index (χ4v) is 2.89. The molecular weight excluding hydrogens is 212 g/mol. The Kier molecular flexibility index (Phi) is 3.69. The van der Waals surface area contributed by atoms with Gasteiger partial charge in [0.1, 0.15) is 0 Å². The van der Waals surface area contributed by atoms with Crippen LogP contribution < -0.4 is 10.8 Å². The summed E-state index contributed by atoms with van der Waals surface area (Å²) >= 11 is 0. The molecule has 17 heavy (non-hydrogen) atoms. The molecule has 1 aliphatic heterocycles. The molecule has 1 aromatic rings. The zero-order valence-corrected chi connectivity index (χ0v) is 11.0. The van der Waals surface area contributed by atoms with Gasteiger partial charge in [-0.25, -0.2) is 5.90 Å². The normalized spacial score (nSPS) is 17.5. The fourth-order valence-electron chi connectivity index (χ4n) is 2.89. The number of nitrogens with two attached hydrogens (primary N) is 1. The Balaban J connectivity index is 2.18. The van der Waals surface area contributed by atoms with E-state index < -0.39 is 0 Å². The summed E-state index contributed by atoms with van der Waals surface area (Å²) in [5, 5.41) is 0. The van der Waals surface area contributed by atoms with E-state index in [0.29, 0.717) is 0 Å². The lowest BCUT2D eigenvalue weighted by atomic mass is 10.0. The molecule has 0 aliphatic carbocycles. The molecule has 0 atom stereocenters. The zero-order chi connectivity index (χ0) is 12.4. The molecule has 1 fully saturated rings. The van der Waals surface area contributed by atoms with Gasteiger partial charge in [0.2, 0.25) is 0 Å². The molecule has 0 amide bonds. The number of piperidine rings is 1. The summed E-state index contributed by atoms with van der Waals surface area (Å²) in [6, 6.07) is 4.52. The first-order chi connectivity index (χ1) is 8.11. The molecule has 1 aliphatic rings. The van der Waals surface area contributed by atoms with E-state index in [1.54, 1.807) is 0 Å². The molecule has 0 aromatic heterocycles. The molecule has 1 aromatic carbocycles. The zero-order valence-electron chi connectivity index (χ0n) is 11.0. The first-order valence-electron chi connectivity index (χ1n) is 6.30. The number of hydrogen-bond donors (Lipinski definition) is 1. The number of hydrogen-bond acceptors (Lipinski definition) is 3. The molecule has 0 radical (unpaired) electrons. The minimum absolute atomic E-state index is 0.234. The molecule has 1 heterocycles. The summed E-state index contributed by atoms with van der Waals surface area (Å²) in [7, 11) is 0. The van der Waals surface area contributed by atoms with Crippen molar-refractivity contribution in [3.63, 3.8) is 0 Å². The summed E-state index contributed by atoms with van der Waals surface area (Å²) in [6.07, 6.45) is 2.27. The van der Waals surface area contributed by atoms with E-state index in [4.69, 9.17) is 10.7 Å². The van der Waals surface area contributed by atoms with Crippen LogP contribution in [-0.2, 0) is 4.84 Å². The van der Waals surface area contributed by atoms with Crippen LogP contribution in [0.5, 0.6) is 0 Å². The maximum Gasteiger partial charge on any atom is 0.0821 e. The van der Waals surface area contributed by atoms with Crippen LogP contribution in [0.3, 0.4) is 0 Å². The second kappa shape index (κ2) is 5.07. The van der Waals surface area contributed by atoms with Crippen molar-refractivity contribution in [2.45, 2.75) is 39.7 Å². The minimum atomic E-state index is 0.234. The van der Waals surface area contributed by atoms with Gasteiger partial charge < -0.3 is 9.74 Å². The van der Waals surface area contributed by atoms with Gasteiger partial charge in [0.05, 0.1) is 6.10 Å². The second-order valence-corrected chi connectivity index (χ2v) is 5.07. The van der Waals surface area contributed by atoms with Crippen molar-refractivity contribution in [2.24, 2.45) is 5.90 Å². The molecule has 0 spiro atoms. The van der Waals surface area contributed by atoms with Gasteiger partial charge in [0.25, 0.3) is 0 Å². The van der Waals surface area contributed by atoms with Gasteiger partial charge in [0.15, 0.2) is 0 Å². The van der Waals surface area contributed by atoms with E-state index in [9.17, 15) is 0 Å². The number of rotatable bonds is 2. The van der Waals surface area contributed by atoms with E-state index in [1.165, 1.54) is 22.4 Å². The highest BCUT2D eigenvalue weighted by atomic mass is 16.6. The quantitative estimate of drug-likeness (QED) is 0.799. The molecule has 94 valence electrons. The highest BCUT2D eigenvalue weighted by molar-refractivity contribution is 5.60. The first kappa shape index (κ1) is 12.4. The third-order valence-corrected chi connectivity index (χ3v) is 3.59. The maximum atomic E-state index is 5.25. The number of nitrogens with zero attached hydrogens (tertiary/aromatic N) is 1. The summed E-state index contributed by atoms with van der Waals surface area (Å²) in [6.45, 7) is 8.61. The lowest BCUT2D eigenvalue weighted by Crippen LogP contribution is -2.38. The van der Waals surface area contributed by atoms with Gasteiger partial charge in [-0.1, -0.05) is 17.7 Å². The van der Waals surface area contributed by atoms with Gasteiger partial charge in [-0.05, 0) is 44.7 Å². The van der Waals surface area contributed by atoms with Crippen LogP contribution in [0.1, 0.15) is 29.5 Å². The molecule has 0 bridgehead atoms. The van der Waals surface area contributed by atoms with E-state index in [1.807, 2.05) is 0 Å². The maximum absolute atomic E-state index is 5.25. The Morgan fingerprint density at radius 2 is 1.65 bits per heavy atom. The largest absolute Gasteiger partial charge is 0.371 e. The Labute approximate surface area is 104 Å². The SMILES string of the molecule is Cc1cc(C)c(N2CCC(ON)CC2)c(C)c1. The third kappa shape index (κ3) is 2.61. The van der Waals surface area contributed by atoms with Crippen molar-refractivity contribution in [2.75, 3.05) is 18.0 Å². The van der Waals surface area contributed by atoms with Crippen molar-refractivity contribution in [3.05, 3.63) is 28.8 Å². The van der Waals surface area contributed by atoms with Crippen LogP contribution >= 0.6 is 0 Å². The predicted octanol–water partition coefficient (Wildman–Crippen LogP) is 2.47. The minimum Gasteiger partial charge on any atom is -0.371 e. The summed E-state index contributed by atoms with van der Waals surface area (Å²) in [4.78, 5) is 7.39. The van der Waals surface area contributed by atoms with E-state index in [-0.39, 0.29) is 6.10 Å². The Morgan fingerprint density at radius 3 is 2.12 bits per heavy atom. The monoisotopic (exact) mass is 234 g/mol. The number of anilines is 1. The van der Waals surface area contributed by atoms with E-state index in [2.05, 4.69) is 37.8 Å². The van der Waals surface area contributed by atoms with Gasteiger partial charge in [-0.15, -0.1) is 0 Å². The van der Waals surface area contributed by atoms with Crippen LogP contribution in [-0.4, -0.2) is 19.2 Å². The van der Waals surface area contributed by atoms with Crippen LogP contribution in [0.2, 0.25) is 0 Å². The Hall–Kier alpha value is -1.06. The first-order valence-corrected chi connectivity index (χ1v) is 6.30. The summed E-state index contributed by atoms with van der Waals surface area (Å²) < 4.78 is 0. The van der Waals surface area contributed by atoms with Gasteiger partial charge in [-0.3, -0.25) is 0 Å². The third-order valence-electron chi connectivity index (χ3n) is 3.59. The van der Waals surface area contributed by atoms with Gasteiger partial charge >= 0.3 is 0 Å². The van der Waals surface area contributed by atoms with Crippen molar-refractivity contribution in [1.82, 2.24) is 0 Å². The van der Waals surface area contributed by atoms with Crippen molar-refractivity contribution in [3.8, 4) is 0 Å². The van der Waals surface area contributed by atoms with Crippen LogP contribution in [0.4, 0.5) is 5.69 Å². The Bertz CT molecular complexity index is 372. The fraction of sp³-hybridized carbons (Fsp3) is 0.571. The highest BCUT2D eigenvalue weighted by Gasteiger charge is 2.21. The molecule has 2 rings (SSSR count). The topological polar surface area (TPSA) is 38.5 Å². The molecule has 0 unspecified atom stereocenters. The lowest BCUT2D eigenvalue weighted by Gasteiger charge is -2.34. The molecule has 3 heteroatoms. The molecular formula is C14H22N2O. The van der Waals surface area contributed by atoms with Crippen LogP contribution in [0.25, 0.3) is 0 Å². The molecule has 3 nitrogen and oxygen atoms in total. The second-order valence-electron chi connectivity index (χ2n) is 5.07. The van der Waals surface area contributed by atoms with Crippen molar-refractivity contribution < 1.29 is 4.84 Å². The van der Waals surface area contributed by atoms with Crippen LogP contribution in [0, 0.1) is 20.8 Å². The summed E-state index contributed by atoms with van der Waals surface area (Å²) in [5.41, 5.74) is 5.47. The van der Waals surface area contributed by atoms with E-state index >= 15 is 0 Å². The van der Waals surface area contributed by atoms with Gasteiger partial charge in [0, 0.05) is 18.8 Å². The highest BCUT2D eigenvalue weighted by Crippen LogP contribution is 2.29. The standard InChI is InChI=1S/C14H22N2O/c1-10-8-11(2)14(12(3)9-10)16-6-4-13(17-15)5-7-16/h8-9,13H,4-7,15H2,1-3H3. The molecule has 1 saturated heterocycles. The van der Waals surface area contributed by atoms with Crippen molar-refractivity contribution >= 4 is 5.69 Å². The smallest absolute Gasteiger partial charge is 0.0821 e. The number of benzene rings is 1. The van der Waals surface area contributed by atoms with Crippen LogP contribution in [0.15, 0.2) is 12.1 Å². The average molecular weight is 234 g/mol.